The lowest BCUT2D eigenvalue weighted by Crippen LogP contribution is -2.50. The molecule has 1 aliphatic heterocycles. The van der Waals surface area contributed by atoms with Crippen molar-refractivity contribution in [2.45, 2.75) is 0 Å². The largest absolute Gasteiger partial charge is 0.497 e. The molecule has 9 nitrogen and oxygen atoms in total. The Morgan fingerprint density at radius 3 is 1.96 bits per heavy atom. The van der Waals surface area contributed by atoms with E-state index in [1.165, 1.54) is 26.4 Å². The van der Waals surface area contributed by atoms with Gasteiger partial charge in [-0.15, -0.1) is 0 Å². The van der Waals surface area contributed by atoms with E-state index < -0.39 is 0 Å². The fourth-order valence-corrected chi connectivity index (χ4v) is 2.85. The summed E-state index contributed by atoms with van der Waals surface area (Å²) < 4.78 is 10.4. The molecule has 1 fully saturated rings. The standard InChI is InChI=1S/C18H20N4O5/c1-26-13-9-12(10-14(11-13)27-2)17(24)21-5-7-22(8-6-21)18(25)15-3-4-16(23)20-19-15/h3-4,9-11H,5-8H2,1-2H3,(H,20,23). The van der Waals surface area contributed by atoms with Gasteiger partial charge in [-0.05, 0) is 18.2 Å². The van der Waals surface area contributed by atoms with Crippen molar-refractivity contribution in [1.82, 2.24) is 20.0 Å². The quantitative estimate of drug-likeness (QED) is 0.832. The van der Waals surface area contributed by atoms with E-state index in [1.807, 2.05) is 0 Å². The van der Waals surface area contributed by atoms with Crippen LogP contribution in [0.5, 0.6) is 11.5 Å². The van der Waals surface area contributed by atoms with Gasteiger partial charge in [0.1, 0.15) is 17.2 Å². The highest BCUT2D eigenvalue weighted by atomic mass is 16.5. The smallest absolute Gasteiger partial charge is 0.274 e. The second kappa shape index (κ2) is 7.90. The minimum Gasteiger partial charge on any atom is -0.497 e. The number of ether oxygens (including phenoxy) is 2. The van der Waals surface area contributed by atoms with E-state index in [-0.39, 0.29) is 23.1 Å². The SMILES string of the molecule is COc1cc(OC)cc(C(=O)N2CCN(C(=O)c3ccc(=O)[nH]n3)CC2)c1. The van der Waals surface area contributed by atoms with Crippen molar-refractivity contribution < 1.29 is 19.1 Å². The number of nitrogens with one attached hydrogen (secondary N) is 1. The minimum atomic E-state index is -0.365. The van der Waals surface area contributed by atoms with E-state index in [9.17, 15) is 14.4 Å². The van der Waals surface area contributed by atoms with Crippen LogP contribution in [0.15, 0.2) is 35.1 Å². The van der Waals surface area contributed by atoms with Gasteiger partial charge in [0.15, 0.2) is 0 Å². The third kappa shape index (κ3) is 4.08. The summed E-state index contributed by atoms with van der Waals surface area (Å²) in [6, 6.07) is 7.67. The molecule has 2 heterocycles. The number of aromatic amines is 1. The summed E-state index contributed by atoms with van der Waals surface area (Å²) in [6.45, 7) is 1.56. The first-order chi connectivity index (χ1) is 13.0. The molecule has 1 saturated heterocycles. The summed E-state index contributed by atoms with van der Waals surface area (Å²) >= 11 is 0. The maximum Gasteiger partial charge on any atom is 0.274 e. The molecule has 27 heavy (non-hydrogen) atoms. The predicted octanol–water partition coefficient (Wildman–Crippen LogP) is 0.385. The van der Waals surface area contributed by atoms with Crippen LogP contribution in [-0.4, -0.2) is 72.2 Å². The first-order valence-electron chi connectivity index (χ1n) is 8.39. The van der Waals surface area contributed by atoms with E-state index in [0.717, 1.165) is 0 Å². The second-order valence-electron chi connectivity index (χ2n) is 5.99. The Hall–Kier alpha value is -3.36. The molecule has 2 aromatic rings. The maximum atomic E-state index is 12.8. The molecule has 3 rings (SSSR count). The Kier molecular flexibility index (Phi) is 5.39. The molecule has 0 spiro atoms. The summed E-state index contributed by atoms with van der Waals surface area (Å²) in [5, 5.41) is 6.00. The first kappa shape index (κ1) is 18.4. The van der Waals surface area contributed by atoms with Crippen molar-refractivity contribution in [2.24, 2.45) is 0 Å². The number of carbonyl (C=O) groups excluding carboxylic acids is 2. The number of piperazine rings is 1. The number of aromatic nitrogens is 2. The molecular formula is C18H20N4O5. The lowest BCUT2D eigenvalue weighted by molar-refractivity contribution is 0.0531. The third-order valence-corrected chi connectivity index (χ3v) is 4.35. The summed E-state index contributed by atoms with van der Waals surface area (Å²) in [4.78, 5) is 39.6. The molecule has 1 aromatic carbocycles. The van der Waals surface area contributed by atoms with Crippen LogP contribution in [0.25, 0.3) is 0 Å². The molecule has 1 aliphatic rings. The molecule has 0 unspecified atom stereocenters. The third-order valence-electron chi connectivity index (χ3n) is 4.35. The van der Waals surface area contributed by atoms with E-state index in [1.54, 1.807) is 28.0 Å². The average molecular weight is 372 g/mol. The van der Waals surface area contributed by atoms with Gasteiger partial charge < -0.3 is 19.3 Å². The molecule has 0 radical (unpaired) electrons. The van der Waals surface area contributed by atoms with Gasteiger partial charge in [0.2, 0.25) is 0 Å². The van der Waals surface area contributed by atoms with Crippen LogP contribution in [0.3, 0.4) is 0 Å². The van der Waals surface area contributed by atoms with Crippen LogP contribution in [0, 0.1) is 0 Å². The molecule has 0 aliphatic carbocycles. The zero-order valence-electron chi connectivity index (χ0n) is 15.1. The van der Waals surface area contributed by atoms with Crippen LogP contribution >= 0.6 is 0 Å². The highest BCUT2D eigenvalue weighted by molar-refractivity contribution is 5.96. The lowest BCUT2D eigenvalue weighted by Gasteiger charge is -2.34. The van der Waals surface area contributed by atoms with Crippen molar-refractivity contribution in [3.8, 4) is 11.5 Å². The number of hydrogen-bond donors (Lipinski definition) is 1. The normalized spacial score (nSPS) is 14.0. The lowest BCUT2D eigenvalue weighted by atomic mass is 10.1. The molecule has 0 saturated carbocycles. The van der Waals surface area contributed by atoms with Gasteiger partial charge in [-0.3, -0.25) is 14.4 Å². The topological polar surface area (TPSA) is 105 Å². The van der Waals surface area contributed by atoms with Gasteiger partial charge in [0, 0.05) is 43.9 Å². The molecule has 1 aromatic heterocycles. The zero-order chi connectivity index (χ0) is 19.4. The van der Waals surface area contributed by atoms with Crippen molar-refractivity contribution in [3.05, 3.63) is 51.9 Å². The number of H-pyrrole nitrogens is 1. The Morgan fingerprint density at radius 1 is 0.926 bits per heavy atom. The van der Waals surface area contributed by atoms with Crippen LogP contribution in [0.2, 0.25) is 0 Å². The Bertz CT molecular complexity index is 860. The number of methoxy groups -OCH3 is 2. The molecule has 1 N–H and O–H groups in total. The fourth-order valence-electron chi connectivity index (χ4n) is 2.85. The van der Waals surface area contributed by atoms with Gasteiger partial charge in [-0.25, -0.2) is 5.10 Å². The van der Waals surface area contributed by atoms with E-state index >= 15 is 0 Å². The Morgan fingerprint density at radius 2 is 1.48 bits per heavy atom. The molecule has 142 valence electrons. The van der Waals surface area contributed by atoms with E-state index in [0.29, 0.717) is 43.2 Å². The van der Waals surface area contributed by atoms with Crippen LogP contribution in [0.1, 0.15) is 20.8 Å². The molecule has 2 amide bonds. The summed E-state index contributed by atoms with van der Waals surface area (Å²) in [6.07, 6.45) is 0. The number of carbonyl (C=O) groups is 2. The number of nitrogens with zero attached hydrogens (tertiary/aromatic N) is 3. The fraction of sp³-hybridized carbons (Fsp3) is 0.333. The highest BCUT2D eigenvalue weighted by Crippen LogP contribution is 2.23. The van der Waals surface area contributed by atoms with Gasteiger partial charge in [-0.1, -0.05) is 0 Å². The maximum absolute atomic E-state index is 12.8. The minimum absolute atomic E-state index is 0.151. The molecule has 0 atom stereocenters. The zero-order valence-corrected chi connectivity index (χ0v) is 15.1. The molecule has 0 bridgehead atoms. The van der Waals surface area contributed by atoms with Crippen molar-refractivity contribution >= 4 is 11.8 Å². The van der Waals surface area contributed by atoms with E-state index in [2.05, 4.69) is 10.2 Å². The number of benzene rings is 1. The number of hydrogen-bond acceptors (Lipinski definition) is 6. The van der Waals surface area contributed by atoms with Gasteiger partial charge in [0.25, 0.3) is 17.4 Å². The second-order valence-corrected chi connectivity index (χ2v) is 5.99. The summed E-state index contributed by atoms with van der Waals surface area (Å²) in [5.41, 5.74) is 0.274. The highest BCUT2D eigenvalue weighted by Gasteiger charge is 2.26. The number of amides is 2. The monoisotopic (exact) mass is 372 g/mol. The Balaban J connectivity index is 1.66. The summed E-state index contributed by atoms with van der Waals surface area (Å²) in [5.74, 6) is 0.647. The molecular weight excluding hydrogens is 352 g/mol. The van der Waals surface area contributed by atoms with Crippen LogP contribution in [0.4, 0.5) is 0 Å². The first-order valence-corrected chi connectivity index (χ1v) is 8.39. The Labute approximate surface area is 155 Å². The average Bonchev–Trinajstić information content (AvgIpc) is 2.73. The van der Waals surface area contributed by atoms with Crippen molar-refractivity contribution in [2.75, 3.05) is 40.4 Å². The molecule has 9 heteroatoms. The van der Waals surface area contributed by atoms with Gasteiger partial charge >= 0.3 is 0 Å². The van der Waals surface area contributed by atoms with Crippen molar-refractivity contribution in [1.29, 1.82) is 0 Å². The van der Waals surface area contributed by atoms with Gasteiger partial charge in [-0.2, -0.15) is 5.10 Å². The summed E-state index contributed by atoms with van der Waals surface area (Å²) in [7, 11) is 3.05. The van der Waals surface area contributed by atoms with Gasteiger partial charge in [0.05, 0.1) is 14.2 Å². The number of rotatable bonds is 4. The van der Waals surface area contributed by atoms with Crippen LogP contribution in [-0.2, 0) is 0 Å². The van der Waals surface area contributed by atoms with E-state index in [4.69, 9.17) is 9.47 Å². The van der Waals surface area contributed by atoms with Crippen LogP contribution < -0.4 is 15.0 Å². The predicted molar refractivity (Wildman–Crippen MR) is 96.2 cm³/mol. The van der Waals surface area contributed by atoms with Crippen molar-refractivity contribution in [3.63, 3.8) is 0 Å².